The van der Waals surface area contributed by atoms with E-state index in [2.05, 4.69) is 51.7 Å². The summed E-state index contributed by atoms with van der Waals surface area (Å²) in [6, 6.07) is 4.22. The number of rotatable bonds is 2. The van der Waals surface area contributed by atoms with Crippen molar-refractivity contribution in [3.8, 4) is 0 Å². The van der Waals surface area contributed by atoms with Gasteiger partial charge >= 0.3 is 7.12 Å². The standard InChI is InChI=1S/C19H27BN2O3/c1-12-10-13(20-24-18(2,3)19(4,5)25-20)11-14-16(12)22-17(21-14)15-8-6-7-9-23-15/h10-11,15H,6-9H2,1-5H3,(H,21,22). The molecule has 3 heterocycles. The molecule has 2 aromatic rings. The molecule has 1 N–H and O–H groups in total. The van der Waals surface area contributed by atoms with Crippen molar-refractivity contribution < 1.29 is 14.0 Å². The summed E-state index contributed by atoms with van der Waals surface area (Å²) in [6.07, 6.45) is 3.45. The van der Waals surface area contributed by atoms with Crippen LogP contribution in [0.1, 0.15) is 64.4 Å². The molecular formula is C19H27BN2O3. The first-order valence-corrected chi connectivity index (χ1v) is 9.24. The summed E-state index contributed by atoms with van der Waals surface area (Å²) in [5.74, 6) is 0.934. The lowest BCUT2D eigenvalue weighted by Gasteiger charge is -2.32. The van der Waals surface area contributed by atoms with Crippen LogP contribution in [-0.4, -0.2) is 34.9 Å². The van der Waals surface area contributed by atoms with Crippen molar-refractivity contribution in [2.45, 2.75) is 71.2 Å². The van der Waals surface area contributed by atoms with Gasteiger partial charge < -0.3 is 19.0 Å². The van der Waals surface area contributed by atoms with Gasteiger partial charge in [0, 0.05) is 6.61 Å². The average Bonchev–Trinajstić information content (AvgIpc) is 3.07. The van der Waals surface area contributed by atoms with Crippen molar-refractivity contribution in [3.05, 3.63) is 23.5 Å². The second-order valence-corrected chi connectivity index (χ2v) is 8.30. The highest BCUT2D eigenvalue weighted by atomic mass is 16.7. The van der Waals surface area contributed by atoms with E-state index in [4.69, 9.17) is 19.0 Å². The molecule has 2 fully saturated rings. The molecule has 1 unspecified atom stereocenters. The summed E-state index contributed by atoms with van der Waals surface area (Å²) in [4.78, 5) is 8.26. The average molecular weight is 342 g/mol. The first-order chi connectivity index (χ1) is 11.8. The first kappa shape index (κ1) is 17.1. The summed E-state index contributed by atoms with van der Waals surface area (Å²) < 4.78 is 18.3. The molecule has 0 bridgehead atoms. The molecule has 134 valence electrons. The van der Waals surface area contributed by atoms with Gasteiger partial charge in [-0.15, -0.1) is 0 Å². The molecule has 0 radical (unpaired) electrons. The molecule has 1 aromatic heterocycles. The van der Waals surface area contributed by atoms with Gasteiger partial charge in [-0.05, 0) is 71.0 Å². The second-order valence-electron chi connectivity index (χ2n) is 8.30. The zero-order valence-electron chi connectivity index (χ0n) is 15.8. The van der Waals surface area contributed by atoms with E-state index in [0.717, 1.165) is 47.3 Å². The van der Waals surface area contributed by atoms with Crippen LogP contribution in [0.5, 0.6) is 0 Å². The third kappa shape index (κ3) is 2.90. The van der Waals surface area contributed by atoms with E-state index in [0.29, 0.717) is 0 Å². The number of aromatic amines is 1. The van der Waals surface area contributed by atoms with Gasteiger partial charge in [0.05, 0.1) is 22.2 Å². The number of H-pyrrole nitrogens is 1. The predicted octanol–water partition coefficient (Wildman–Crippen LogP) is 3.41. The molecule has 0 aliphatic carbocycles. The molecule has 5 nitrogen and oxygen atoms in total. The van der Waals surface area contributed by atoms with E-state index in [-0.39, 0.29) is 24.4 Å². The van der Waals surface area contributed by atoms with E-state index in [1.807, 2.05) is 0 Å². The van der Waals surface area contributed by atoms with E-state index >= 15 is 0 Å². The number of imidazole rings is 1. The maximum absolute atomic E-state index is 6.20. The summed E-state index contributed by atoms with van der Waals surface area (Å²) in [6.45, 7) is 11.2. The zero-order valence-corrected chi connectivity index (χ0v) is 15.8. The Labute approximate surface area is 149 Å². The third-order valence-corrected chi connectivity index (χ3v) is 5.83. The van der Waals surface area contributed by atoms with Crippen LogP contribution in [0.4, 0.5) is 0 Å². The predicted molar refractivity (Wildman–Crippen MR) is 99.1 cm³/mol. The fraction of sp³-hybridized carbons (Fsp3) is 0.632. The van der Waals surface area contributed by atoms with E-state index in [1.54, 1.807) is 0 Å². The molecule has 0 spiro atoms. The largest absolute Gasteiger partial charge is 0.494 e. The van der Waals surface area contributed by atoms with Gasteiger partial charge in [-0.1, -0.05) is 6.07 Å². The zero-order chi connectivity index (χ0) is 17.8. The van der Waals surface area contributed by atoms with Crippen LogP contribution in [-0.2, 0) is 14.0 Å². The van der Waals surface area contributed by atoms with Gasteiger partial charge in [0.15, 0.2) is 0 Å². The summed E-state index contributed by atoms with van der Waals surface area (Å²) in [7, 11) is -0.356. The van der Waals surface area contributed by atoms with Crippen LogP contribution < -0.4 is 5.46 Å². The highest BCUT2D eigenvalue weighted by Crippen LogP contribution is 2.37. The minimum Gasteiger partial charge on any atom is -0.399 e. The Kier molecular flexibility index (Phi) is 3.98. The maximum Gasteiger partial charge on any atom is 0.494 e. The lowest BCUT2D eigenvalue weighted by molar-refractivity contribution is 0.00578. The Morgan fingerprint density at radius 1 is 1.12 bits per heavy atom. The van der Waals surface area contributed by atoms with E-state index in [1.165, 1.54) is 6.42 Å². The van der Waals surface area contributed by atoms with Crippen LogP contribution in [0.15, 0.2) is 12.1 Å². The molecule has 25 heavy (non-hydrogen) atoms. The molecule has 2 aliphatic heterocycles. The minimum absolute atomic E-state index is 0.0841. The molecule has 4 rings (SSSR count). The molecule has 0 saturated carbocycles. The summed E-state index contributed by atoms with van der Waals surface area (Å²) in [5.41, 5.74) is 3.51. The lowest BCUT2D eigenvalue weighted by Crippen LogP contribution is -2.41. The normalized spacial score (nSPS) is 25.6. The van der Waals surface area contributed by atoms with Gasteiger partial charge in [0.1, 0.15) is 11.9 Å². The molecule has 2 aliphatic rings. The van der Waals surface area contributed by atoms with Crippen LogP contribution >= 0.6 is 0 Å². The maximum atomic E-state index is 6.20. The topological polar surface area (TPSA) is 56.4 Å². The quantitative estimate of drug-likeness (QED) is 0.850. The number of ether oxygens (including phenoxy) is 1. The second kappa shape index (κ2) is 5.83. The monoisotopic (exact) mass is 342 g/mol. The highest BCUT2D eigenvalue weighted by Gasteiger charge is 2.51. The van der Waals surface area contributed by atoms with Crippen LogP contribution in [0, 0.1) is 6.92 Å². The van der Waals surface area contributed by atoms with E-state index in [9.17, 15) is 0 Å². The van der Waals surface area contributed by atoms with Crippen molar-refractivity contribution in [2.24, 2.45) is 0 Å². The number of hydrogen-bond acceptors (Lipinski definition) is 4. The van der Waals surface area contributed by atoms with Gasteiger partial charge in [-0.2, -0.15) is 0 Å². The summed E-state index contributed by atoms with van der Waals surface area (Å²) >= 11 is 0. The number of aromatic nitrogens is 2. The highest BCUT2D eigenvalue weighted by molar-refractivity contribution is 6.62. The van der Waals surface area contributed by atoms with E-state index < -0.39 is 0 Å². The summed E-state index contributed by atoms with van der Waals surface area (Å²) in [5, 5.41) is 0. The molecular weight excluding hydrogens is 315 g/mol. The minimum atomic E-state index is -0.356. The van der Waals surface area contributed by atoms with Crippen LogP contribution in [0.25, 0.3) is 11.0 Å². The Bertz CT molecular complexity index is 777. The Morgan fingerprint density at radius 2 is 1.84 bits per heavy atom. The number of aryl methyl sites for hydroxylation is 1. The lowest BCUT2D eigenvalue weighted by atomic mass is 9.78. The third-order valence-electron chi connectivity index (χ3n) is 5.83. The van der Waals surface area contributed by atoms with Crippen molar-refractivity contribution in [1.82, 2.24) is 9.97 Å². The van der Waals surface area contributed by atoms with Crippen molar-refractivity contribution in [1.29, 1.82) is 0 Å². The Balaban J connectivity index is 1.68. The fourth-order valence-electron chi connectivity index (χ4n) is 3.56. The molecule has 1 atom stereocenters. The van der Waals surface area contributed by atoms with Crippen molar-refractivity contribution in [3.63, 3.8) is 0 Å². The number of nitrogens with one attached hydrogen (secondary N) is 1. The number of hydrogen-bond donors (Lipinski definition) is 1. The first-order valence-electron chi connectivity index (χ1n) is 9.24. The van der Waals surface area contributed by atoms with Crippen LogP contribution in [0.3, 0.4) is 0 Å². The number of benzene rings is 1. The van der Waals surface area contributed by atoms with Gasteiger partial charge in [-0.25, -0.2) is 4.98 Å². The number of nitrogens with zero attached hydrogens (tertiary/aromatic N) is 1. The fourth-order valence-corrected chi connectivity index (χ4v) is 3.56. The Morgan fingerprint density at radius 3 is 2.48 bits per heavy atom. The van der Waals surface area contributed by atoms with Gasteiger partial charge in [0.2, 0.25) is 0 Å². The van der Waals surface area contributed by atoms with Crippen LogP contribution in [0.2, 0.25) is 0 Å². The van der Waals surface area contributed by atoms with Gasteiger partial charge in [0.25, 0.3) is 0 Å². The van der Waals surface area contributed by atoms with Gasteiger partial charge in [-0.3, -0.25) is 0 Å². The molecule has 1 aromatic carbocycles. The Hall–Kier alpha value is -1.37. The molecule has 6 heteroatoms. The SMILES string of the molecule is Cc1cc(B2OC(C)(C)C(C)(C)O2)cc2[nH]c(C3CCCCO3)nc12. The van der Waals surface area contributed by atoms with Crippen molar-refractivity contribution >= 4 is 23.6 Å². The van der Waals surface area contributed by atoms with Crippen molar-refractivity contribution in [2.75, 3.05) is 6.61 Å². The molecule has 2 saturated heterocycles. The smallest absolute Gasteiger partial charge is 0.399 e. The number of fused-ring (bicyclic) bond motifs is 1. The molecule has 0 amide bonds.